The van der Waals surface area contributed by atoms with E-state index in [-0.39, 0.29) is 5.58 Å². The van der Waals surface area contributed by atoms with Crippen LogP contribution in [0.15, 0.2) is 22.6 Å². The summed E-state index contributed by atoms with van der Waals surface area (Å²) in [6, 6.07) is 3.65. The lowest BCUT2D eigenvalue weighted by Crippen LogP contribution is -1.71. The molecule has 56 valence electrons. The minimum atomic E-state index is -0.939. The van der Waals surface area contributed by atoms with Crippen LogP contribution in [0.25, 0.3) is 11.1 Å². The molecule has 0 saturated heterocycles. The van der Waals surface area contributed by atoms with Crippen LogP contribution in [0.2, 0.25) is 0 Å². The average Bonchev–Trinajstić information content (AvgIpc) is 2.27. The molecule has 0 spiro atoms. The number of nitrogens with zero attached hydrogens (tertiary/aromatic N) is 1. The molecule has 11 heavy (non-hydrogen) atoms. The van der Waals surface area contributed by atoms with Gasteiger partial charge in [0.05, 0.1) is 0 Å². The van der Waals surface area contributed by atoms with Crippen LogP contribution in [-0.4, -0.2) is 4.98 Å². The van der Waals surface area contributed by atoms with Crippen LogP contribution in [-0.2, 0) is 0 Å². The minimum Gasteiger partial charge on any atom is -0.415 e. The van der Waals surface area contributed by atoms with Crippen LogP contribution in [0.5, 0.6) is 0 Å². The third-order valence-electron chi connectivity index (χ3n) is 1.32. The summed E-state index contributed by atoms with van der Waals surface area (Å²) in [5, 5.41) is 0. The molecule has 0 unspecified atom stereocenters. The van der Waals surface area contributed by atoms with Crippen LogP contribution < -0.4 is 0 Å². The van der Waals surface area contributed by atoms with Gasteiger partial charge in [-0.05, 0) is 12.1 Å². The van der Waals surface area contributed by atoms with Gasteiger partial charge in [0.15, 0.2) is 5.58 Å². The van der Waals surface area contributed by atoms with Crippen LogP contribution in [0.4, 0.5) is 8.78 Å². The molecule has 1 aromatic heterocycles. The number of rotatable bonds is 0. The summed E-state index contributed by atoms with van der Waals surface area (Å²) in [4.78, 5) is 3.35. The highest BCUT2D eigenvalue weighted by atomic mass is 19.1. The molecule has 4 heteroatoms. The van der Waals surface area contributed by atoms with Gasteiger partial charge < -0.3 is 4.42 Å². The van der Waals surface area contributed by atoms with E-state index in [4.69, 9.17) is 0 Å². The monoisotopic (exact) mass is 155 g/mol. The highest BCUT2D eigenvalue weighted by Crippen LogP contribution is 2.15. The summed E-state index contributed by atoms with van der Waals surface area (Å²) in [6.45, 7) is 0. The Morgan fingerprint density at radius 1 is 1.27 bits per heavy atom. The molecule has 0 amide bonds. The Hall–Kier alpha value is -1.45. The molecule has 1 aromatic carbocycles. The molecule has 0 aliphatic heterocycles. The molecule has 2 nitrogen and oxygen atoms in total. The van der Waals surface area contributed by atoms with E-state index < -0.39 is 12.0 Å². The van der Waals surface area contributed by atoms with E-state index in [1.165, 1.54) is 12.1 Å². The van der Waals surface area contributed by atoms with E-state index in [1.54, 1.807) is 0 Å². The van der Waals surface area contributed by atoms with Gasteiger partial charge in [-0.25, -0.2) is 4.39 Å². The lowest BCUT2D eigenvalue weighted by atomic mass is 10.3. The third kappa shape index (κ3) is 0.960. The highest BCUT2D eigenvalue weighted by Gasteiger charge is 2.03. The summed E-state index contributed by atoms with van der Waals surface area (Å²) in [6.07, 6.45) is -0.939. The molecule has 2 rings (SSSR count). The SMILES string of the molecule is Fc1ccc2nc(F)oc2c1. The van der Waals surface area contributed by atoms with Crippen molar-refractivity contribution in [3.63, 3.8) is 0 Å². The molecular weight excluding hydrogens is 152 g/mol. The first-order valence-corrected chi connectivity index (χ1v) is 2.97. The Morgan fingerprint density at radius 2 is 2.09 bits per heavy atom. The fourth-order valence-electron chi connectivity index (χ4n) is 0.870. The zero-order valence-corrected chi connectivity index (χ0v) is 5.34. The summed E-state index contributed by atoms with van der Waals surface area (Å²) >= 11 is 0. The molecule has 2 aromatic rings. The summed E-state index contributed by atoms with van der Waals surface area (Å²) in [5.41, 5.74) is 0.450. The lowest BCUT2D eigenvalue weighted by Gasteiger charge is -1.84. The maximum absolute atomic E-state index is 12.4. The van der Waals surface area contributed by atoms with Crippen molar-refractivity contribution in [3.8, 4) is 0 Å². The molecule has 1 heterocycles. The topological polar surface area (TPSA) is 26.0 Å². The number of hydrogen-bond acceptors (Lipinski definition) is 2. The van der Waals surface area contributed by atoms with Crippen LogP contribution in [0, 0.1) is 12.0 Å². The van der Waals surface area contributed by atoms with E-state index in [9.17, 15) is 8.78 Å². The largest absolute Gasteiger partial charge is 0.415 e. The number of halogens is 2. The van der Waals surface area contributed by atoms with Gasteiger partial charge in [0.2, 0.25) is 0 Å². The van der Waals surface area contributed by atoms with Gasteiger partial charge in [-0.2, -0.15) is 4.98 Å². The maximum atomic E-state index is 12.4. The third-order valence-corrected chi connectivity index (χ3v) is 1.32. The Morgan fingerprint density at radius 3 is 2.91 bits per heavy atom. The lowest BCUT2D eigenvalue weighted by molar-refractivity contribution is 0.354. The summed E-state index contributed by atoms with van der Waals surface area (Å²) < 4.78 is 29.1. The van der Waals surface area contributed by atoms with Crippen molar-refractivity contribution in [2.24, 2.45) is 0 Å². The second kappa shape index (κ2) is 2.02. The first kappa shape index (κ1) is 6.27. The molecule has 0 N–H and O–H groups in total. The molecule has 0 fully saturated rings. The standard InChI is InChI=1S/C7H3F2NO/c8-4-1-2-5-6(3-4)11-7(9)10-5/h1-3H. The average molecular weight is 155 g/mol. The van der Waals surface area contributed by atoms with E-state index in [1.807, 2.05) is 0 Å². The van der Waals surface area contributed by atoms with Gasteiger partial charge in [-0.1, -0.05) is 0 Å². The van der Waals surface area contributed by atoms with Crippen molar-refractivity contribution in [1.82, 2.24) is 4.98 Å². The summed E-state index contributed by atoms with van der Waals surface area (Å²) in [5.74, 6) is -0.464. The van der Waals surface area contributed by atoms with Gasteiger partial charge in [-0.15, -0.1) is 4.39 Å². The molecule has 0 aliphatic rings. The van der Waals surface area contributed by atoms with E-state index in [2.05, 4.69) is 9.40 Å². The first-order valence-electron chi connectivity index (χ1n) is 2.97. The van der Waals surface area contributed by atoms with Crippen molar-refractivity contribution in [3.05, 3.63) is 30.2 Å². The van der Waals surface area contributed by atoms with E-state index in [0.717, 1.165) is 6.07 Å². The quantitative estimate of drug-likeness (QED) is 0.582. The molecular formula is C7H3F2NO. The predicted octanol–water partition coefficient (Wildman–Crippen LogP) is 2.11. The zero-order chi connectivity index (χ0) is 7.84. The van der Waals surface area contributed by atoms with E-state index >= 15 is 0 Å². The number of benzene rings is 1. The van der Waals surface area contributed by atoms with Gasteiger partial charge in [0.25, 0.3) is 0 Å². The molecule has 0 aliphatic carbocycles. The first-order chi connectivity index (χ1) is 5.25. The number of oxazole rings is 1. The second-order valence-electron chi connectivity index (χ2n) is 2.08. The normalized spacial score (nSPS) is 10.7. The van der Waals surface area contributed by atoms with Crippen molar-refractivity contribution < 1.29 is 13.2 Å². The van der Waals surface area contributed by atoms with Gasteiger partial charge in [-0.3, -0.25) is 0 Å². The Labute approximate surface area is 60.5 Å². The minimum absolute atomic E-state index is 0.127. The smallest absolute Gasteiger partial charge is 0.382 e. The van der Waals surface area contributed by atoms with Crippen LogP contribution in [0.3, 0.4) is 0 Å². The van der Waals surface area contributed by atoms with Crippen molar-refractivity contribution in [2.75, 3.05) is 0 Å². The van der Waals surface area contributed by atoms with Gasteiger partial charge in [0.1, 0.15) is 11.3 Å². The highest BCUT2D eigenvalue weighted by molar-refractivity contribution is 5.71. The van der Waals surface area contributed by atoms with Gasteiger partial charge >= 0.3 is 6.14 Å². The molecule has 0 radical (unpaired) electrons. The van der Waals surface area contributed by atoms with Gasteiger partial charge in [0, 0.05) is 6.07 Å². The molecule has 0 atom stereocenters. The maximum Gasteiger partial charge on any atom is 0.382 e. The second-order valence-corrected chi connectivity index (χ2v) is 2.08. The van der Waals surface area contributed by atoms with Crippen molar-refractivity contribution >= 4 is 11.1 Å². The van der Waals surface area contributed by atoms with Crippen LogP contribution in [0.1, 0.15) is 0 Å². The fraction of sp³-hybridized carbons (Fsp3) is 0. The Kier molecular flexibility index (Phi) is 1.15. The number of aromatic nitrogens is 1. The molecule has 0 saturated carbocycles. The van der Waals surface area contributed by atoms with Crippen molar-refractivity contribution in [2.45, 2.75) is 0 Å². The fourth-order valence-corrected chi connectivity index (χ4v) is 0.870. The number of fused-ring (bicyclic) bond motifs is 1. The Bertz CT molecular complexity index is 396. The van der Waals surface area contributed by atoms with Crippen molar-refractivity contribution in [1.29, 1.82) is 0 Å². The summed E-state index contributed by atoms with van der Waals surface area (Å²) in [7, 11) is 0. The predicted molar refractivity (Wildman–Crippen MR) is 33.9 cm³/mol. The Balaban J connectivity index is 2.82. The van der Waals surface area contributed by atoms with Crippen LogP contribution >= 0.6 is 0 Å². The zero-order valence-electron chi connectivity index (χ0n) is 5.34. The molecule has 0 bridgehead atoms. The van der Waals surface area contributed by atoms with E-state index in [0.29, 0.717) is 5.52 Å². The number of hydrogen-bond donors (Lipinski definition) is 0.